The van der Waals surface area contributed by atoms with Gasteiger partial charge in [0.2, 0.25) is 0 Å². The molecule has 0 bridgehead atoms. The summed E-state index contributed by atoms with van der Waals surface area (Å²) in [6.07, 6.45) is -2.61. The van der Waals surface area contributed by atoms with E-state index in [2.05, 4.69) is 5.32 Å². The first kappa shape index (κ1) is 13.1. The van der Waals surface area contributed by atoms with E-state index in [-0.39, 0.29) is 0 Å². The summed E-state index contributed by atoms with van der Waals surface area (Å²) >= 11 is 0. The molecule has 0 aromatic heterocycles. The summed E-state index contributed by atoms with van der Waals surface area (Å²) < 4.78 is 49.4. The summed E-state index contributed by atoms with van der Waals surface area (Å²) in [6.45, 7) is 1.41. The normalized spacial score (nSPS) is 36.4. The number of nitrogens with one attached hydrogen (secondary N) is 1. The van der Waals surface area contributed by atoms with Gasteiger partial charge < -0.3 is 14.8 Å². The zero-order valence-corrected chi connectivity index (χ0v) is 9.85. The number of hydrogen-bond donors (Lipinski definition) is 1. The molecule has 2 rings (SSSR count). The number of rotatable bonds is 2. The zero-order valence-electron chi connectivity index (χ0n) is 9.85. The van der Waals surface area contributed by atoms with Crippen molar-refractivity contribution in [3.63, 3.8) is 0 Å². The monoisotopic (exact) mass is 253 g/mol. The standard InChI is InChI=1S/C11H18F3NO2/c1-15-9(11(12,13)14)8-2-4-17-10(6-8)3-5-16-7-10/h8-9,15H,2-7H2,1H3. The highest BCUT2D eigenvalue weighted by Crippen LogP contribution is 2.40. The minimum Gasteiger partial charge on any atom is -0.378 e. The molecular formula is C11H18F3NO2. The van der Waals surface area contributed by atoms with Crippen molar-refractivity contribution >= 4 is 0 Å². The van der Waals surface area contributed by atoms with E-state index in [0.29, 0.717) is 39.1 Å². The molecule has 100 valence electrons. The lowest BCUT2D eigenvalue weighted by molar-refractivity contribution is -0.186. The SMILES string of the molecule is CNC(C1CCOC2(CCOC2)C1)C(F)(F)F. The summed E-state index contributed by atoms with van der Waals surface area (Å²) in [5.74, 6) is -0.421. The molecule has 2 heterocycles. The minimum atomic E-state index is -4.20. The topological polar surface area (TPSA) is 30.5 Å². The first-order valence-corrected chi connectivity index (χ1v) is 5.92. The molecule has 6 heteroatoms. The van der Waals surface area contributed by atoms with E-state index < -0.39 is 23.7 Å². The second kappa shape index (κ2) is 4.74. The Balaban J connectivity index is 2.05. The molecule has 0 aliphatic carbocycles. The van der Waals surface area contributed by atoms with Crippen molar-refractivity contribution in [2.24, 2.45) is 5.92 Å². The third-order valence-corrected chi connectivity index (χ3v) is 3.73. The van der Waals surface area contributed by atoms with Crippen molar-refractivity contribution in [3.8, 4) is 0 Å². The van der Waals surface area contributed by atoms with Gasteiger partial charge in [-0.1, -0.05) is 0 Å². The van der Waals surface area contributed by atoms with E-state index >= 15 is 0 Å². The highest BCUT2D eigenvalue weighted by molar-refractivity contribution is 4.95. The molecule has 17 heavy (non-hydrogen) atoms. The fraction of sp³-hybridized carbons (Fsp3) is 1.00. The van der Waals surface area contributed by atoms with Crippen LogP contribution in [0.3, 0.4) is 0 Å². The Labute approximate surface area is 98.7 Å². The maximum absolute atomic E-state index is 12.8. The van der Waals surface area contributed by atoms with Crippen LogP contribution in [0.2, 0.25) is 0 Å². The number of halogens is 3. The Hall–Kier alpha value is -0.330. The molecule has 0 amide bonds. The van der Waals surface area contributed by atoms with Crippen LogP contribution >= 0.6 is 0 Å². The van der Waals surface area contributed by atoms with Crippen LogP contribution in [0.1, 0.15) is 19.3 Å². The Morgan fingerprint density at radius 2 is 2.12 bits per heavy atom. The summed E-state index contributed by atoms with van der Waals surface area (Å²) in [5.41, 5.74) is -0.469. The second-order valence-electron chi connectivity index (χ2n) is 4.89. The number of ether oxygens (including phenoxy) is 2. The lowest BCUT2D eigenvalue weighted by Crippen LogP contribution is -2.52. The fourth-order valence-electron chi connectivity index (χ4n) is 2.88. The van der Waals surface area contributed by atoms with Gasteiger partial charge in [0, 0.05) is 19.6 Å². The van der Waals surface area contributed by atoms with Crippen LogP contribution in [-0.4, -0.2) is 44.7 Å². The summed E-state index contributed by atoms with van der Waals surface area (Å²) in [7, 11) is 1.37. The second-order valence-corrected chi connectivity index (χ2v) is 4.89. The molecule has 1 spiro atoms. The van der Waals surface area contributed by atoms with Gasteiger partial charge in [-0.15, -0.1) is 0 Å². The first-order valence-electron chi connectivity index (χ1n) is 5.92. The van der Waals surface area contributed by atoms with Crippen molar-refractivity contribution in [1.29, 1.82) is 0 Å². The minimum absolute atomic E-state index is 0.391. The van der Waals surface area contributed by atoms with Crippen LogP contribution in [0.25, 0.3) is 0 Å². The molecule has 0 saturated carbocycles. The summed E-state index contributed by atoms with van der Waals surface area (Å²) in [6, 6.07) is -1.44. The van der Waals surface area contributed by atoms with Crippen LogP contribution in [0.15, 0.2) is 0 Å². The Morgan fingerprint density at radius 1 is 1.35 bits per heavy atom. The molecule has 0 radical (unpaired) electrons. The van der Waals surface area contributed by atoms with Crippen molar-refractivity contribution < 1.29 is 22.6 Å². The fourth-order valence-corrected chi connectivity index (χ4v) is 2.88. The largest absolute Gasteiger partial charge is 0.404 e. The van der Waals surface area contributed by atoms with Crippen molar-refractivity contribution in [2.45, 2.75) is 37.1 Å². The van der Waals surface area contributed by atoms with Crippen LogP contribution < -0.4 is 5.32 Å². The molecule has 1 N–H and O–H groups in total. The van der Waals surface area contributed by atoms with Crippen LogP contribution in [0.5, 0.6) is 0 Å². The smallest absolute Gasteiger partial charge is 0.378 e. The van der Waals surface area contributed by atoms with Gasteiger partial charge in [0.25, 0.3) is 0 Å². The quantitative estimate of drug-likeness (QED) is 0.813. The zero-order chi connectivity index (χ0) is 12.5. The van der Waals surface area contributed by atoms with Gasteiger partial charge in [-0.25, -0.2) is 0 Å². The molecule has 2 aliphatic rings. The van der Waals surface area contributed by atoms with Gasteiger partial charge in [0.05, 0.1) is 12.2 Å². The molecule has 2 fully saturated rings. The van der Waals surface area contributed by atoms with Crippen LogP contribution in [-0.2, 0) is 9.47 Å². The number of hydrogen-bond acceptors (Lipinski definition) is 3. The van der Waals surface area contributed by atoms with E-state index in [1.807, 2.05) is 0 Å². The molecule has 2 aliphatic heterocycles. The highest BCUT2D eigenvalue weighted by atomic mass is 19.4. The average molecular weight is 253 g/mol. The third kappa shape index (κ3) is 2.74. The van der Waals surface area contributed by atoms with Crippen LogP contribution in [0, 0.1) is 5.92 Å². The van der Waals surface area contributed by atoms with Gasteiger partial charge in [0.1, 0.15) is 6.04 Å². The Morgan fingerprint density at radius 3 is 2.65 bits per heavy atom. The van der Waals surface area contributed by atoms with Gasteiger partial charge in [-0.2, -0.15) is 13.2 Å². The molecule has 3 nitrogen and oxygen atoms in total. The lowest BCUT2D eigenvalue weighted by atomic mass is 9.81. The van der Waals surface area contributed by atoms with Crippen molar-refractivity contribution in [2.75, 3.05) is 26.9 Å². The van der Waals surface area contributed by atoms with Gasteiger partial charge >= 0.3 is 6.18 Å². The van der Waals surface area contributed by atoms with E-state index in [0.717, 1.165) is 0 Å². The van der Waals surface area contributed by atoms with Crippen molar-refractivity contribution in [3.05, 3.63) is 0 Å². The van der Waals surface area contributed by atoms with E-state index in [9.17, 15) is 13.2 Å². The summed E-state index contributed by atoms with van der Waals surface area (Å²) in [5, 5.41) is 2.40. The highest BCUT2D eigenvalue weighted by Gasteiger charge is 2.49. The van der Waals surface area contributed by atoms with Crippen molar-refractivity contribution in [1.82, 2.24) is 5.32 Å². The molecule has 0 aromatic carbocycles. The average Bonchev–Trinajstić information content (AvgIpc) is 2.65. The summed E-state index contributed by atoms with van der Waals surface area (Å²) in [4.78, 5) is 0. The van der Waals surface area contributed by atoms with Gasteiger partial charge in [-0.05, 0) is 25.8 Å². The van der Waals surface area contributed by atoms with Gasteiger partial charge in [0.15, 0.2) is 0 Å². The number of alkyl halides is 3. The van der Waals surface area contributed by atoms with E-state index in [1.165, 1.54) is 7.05 Å². The Kier molecular flexibility index (Phi) is 3.66. The van der Waals surface area contributed by atoms with E-state index in [4.69, 9.17) is 9.47 Å². The maximum Gasteiger partial charge on any atom is 0.404 e. The maximum atomic E-state index is 12.8. The predicted octanol–water partition coefficient (Wildman–Crippen LogP) is 1.72. The molecule has 2 saturated heterocycles. The van der Waals surface area contributed by atoms with E-state index in [1.54, 1.807) is 0 Å². The lowest BCUT2D eigenvalue weighted by Gasteiger charge is -2.40. The molecule has 0 aromatic rings. The Bertz CT molecular complexity index is 264. The van der Waals surface area contributed by atoms with Crippen LogP contribution in [0.4, 0.5) is 13.2 Å². The first-order chi connectivity index (χ1) is 7.97. The molecule has 3 atom stereocenters. The molecular weight excluding hydrogens is 235 g/mol. The molecule has 3 unspecified atom stereocenters. The third-order valence-electron chi connectivity index (χ3n) is 3.73. The van der Waals surface area contributed by atoms with Gasteiger partial charge in [-0.3, -0.25) is 0 Å². The predicted molar refractivity (Wildman–Crippen MR) is 55.7 cm³/mol.